The van der Waals surface area contributed by atoms with Crippen LogP contribution in [0.15, 0.2) is 30.3 Å². The van der Waals surface area contributed by atoms with E-state index in [1.165, 1.54) is 37.7 Å². The molecule has 1 aliphatic carbocycles. The van der Waals surface area contributed by atoms with Crippen LogP contribution in [0, 0.1) is 5.92 Å². The van der Waals surface area contributed by atoms with E-state index in [1.807, 2.05) is 0 Å². The third kappa shape index (κ3) is 2.23. The van der Waals surface area contributed by atoms with Crippen molar-refractivity contribution in [2.24, 2.45) is 11.7 Å². The van der Waals surface area contributed by atoms with Gasteiger partial charge in [-0.1, -0.05) is 49.6 Å². The molecule has 1 heteroatoms. The van der Waals surface area contributed by atoms with E-state index in [0.29, 0.717) is 5.92 Å². The molecule has 1 nitrogen and oxygen atoms in total. The number of hydrogen-bond donors (Lipinski definition) is 1. The summed E-state index contributed by atoms with van der Waals surface area (Å²) >= 11 is 0. The van der Waals surface area contributed by atoms with Crippen molar-refractivity contribution in [1.29, 1.82) is 0 Å². The minimum Gasteiger partial charge on any atom is -0.321 e. The van der Waals surface area contributed by atoms with Crippen LogP contribution in [0.4, 0.5) is 0 Å². The van der Waals surface area contributed by atoms with Crippen molar-refractivity contribution in [2.75, 3.05) is 0 Å². The zero-order valence-electron chi connectivity index (χ0n) is 9.58. The summed E-state index contributed by atoms with van der Waals surface area (Å²) in [5, 5.41) is 0. The molecule has 15 heavy (non-hydrogen) atoms. The first-order valence-corrected chi connectivity index (χ1v) is 6.05. The van der Waals surface area contributed by atoms with E-state index in [2.05, 4.69) is 37.3 Å². The first kappa shape index (κ1) is 10.7. The largest absolute Gasteiger partial charge is 0.321 e. The van der Waals surface area contributed by atoms with Gasteiger partial charge < -0.3 is 5.73 Å². The van der Waals surface area contributed by atoms with Crippen LogP contribution in [0.2, 0.25) is 0 Å². The Hall–Kier alpha value is -0.820. The standard InChI is InChI=1S/C14H21N/c1-14(15,12-8-4-2-5-9-12)13-10-6-3-7-11-13/h2,4-5,8-9,13H,3,6-7,10-11,15H2,1H3/t14-/m1/s1. The van der Waals surface area contributed by atoms with Crippen LogP contribution in [-0.2, 0) is 5.54 Å². The molecule has 1 atom stereocenters. The molecule has 0 aliphatic heterocycles. The Morgan fingerprint density at radius 1 is 1.07 bits per heavy atom. The van der Waals surface area contributed by atoms with Crippen LogP contribution in [-0.4, -0.2) is 0 Å². The average molecular weight is 203 g/mol. The first-order valence-electron chi connectivity index (χ1n) is 6.05. The molecule has 0 spiro atoms. The molecule has 82 valence electrons. The molecule has 1 aliphatic rings. The fourth-order valence-corrected chi connectivity index (χ4v) is 2.74. The molecule has 0 unspecified atom stereocenters. The van der Waals surface area contributed by atoms with E-state index in [-0.39, 0.29) is 5.54 Å². The Morgan fingerprint density at radius 3 is 2.27 bits per heavy atom. The van der Waals surface area contributed by atoms with E-state index in [0.717, 1.165) is 0 Å². The zero-order valence-corrected chi connectivity index (χ0v) is 9.58. The second-order valence-corrected chi connectivity index (χ2v) is 4.98. The number of nitrogens with two attached hydrogens (primary N) is 1. The van der Waals surface area contributed by atoms with Gasteiger partial charge in [-0.25, -0.2) is 0 Å². The van der Waals surface area contributed by atoms with Gasteiger partial charge >= 0.3 is 0 Å². The highest BCUT2D eigenvalue weighted by Crippen LogP contribution is 2.36. The van der Waals surface area contributed by atoms with Crippen LogP contribution >= 0.6 is 0 Å². The molecule has 0 amide bonds. The van der Waals surface area contributed by atoms with Gasteiger partial charge in [0, 0.05) is 5.54 Å². The van der Waals surface area contributed by atoms with Gasteiger partial charge in [0.25, 0.3) is 0 Å². The van der Waals surface area contributed by atoms with Gasteiger partial charge in [0.2, 0.25) is 0 Å². The van der Waals surface area contributed by atoms with Gasteiger partial charge in [-0.15, -0.1) is 0 Å². The summed E-state index contributed by atoms with van der Waals surface area (Å²) in [4.78, 5) is 0. The maximum atomic E-state index is 6.51. The lowest BCUT2D eigenvalue weighted by molar-refractivity contribution is 0.224. The molecule has 2 N–H and O–H groups in total. The van der Waals surface area contributed by atoms with Crippen molar-refractivity contribution in [2.45, 2.75) is 44.6 Å². The SMILES string of the molecule is C[C@@](N)(c1ccccc1)C1CCCCC1. The predicted octanol–water partition coefficient (Wildman–Crippen LogP) is 3.44. The monoisotopic (exact) mass is 203 g/mol. The summed E-state index contributed by atoms with van der Waals surface area (Å²) in [5.41, 5.74) is 7.66. The number of benzene rings is 1. The van der Waals surface area contributed by atoms with E-state index in [4.69, 9.17) is 5.73 Å². The Kier molecular flexibility index (Phi) is 3.11. The van der Waals surface area contributed by atoms with Crippen molar-refractivity contribution in [1.82, 2.24) is 0 Å². The second kappa shape index (κ2) is 4.36. The Bertz CT molecular complexity index is 296. The van der Waals surface area contributed by atoms with Crippen LogP contribution in [0.1, 0.15) is 44.6 Å². The first-order chi connectivity index (χ1) is 7.21. The number of rotatable bonds is 2. The summed E-state index contributed by atoms with van der Waals surface area (Å²) in [6.45, 7) is 2.19. The summed E-state index contributed by atoms with van der Waals surface area (Å²) in [6.07, 6.45) is 6.68. The van der Waals surface area contributed by atoms with E-state index in [1.54, 1.807) is 0 Å². The Balaban J connectivity index is 2.18. The van der Waals surface area contributed by atoms with Crippen LogP contribution in [0.3, 0.4) is 0 Å². The lowest BCUT2D eigenvalue weighted by atomic mass is 9.73. The van der Waals surface area contributed by atoms with Gasteiger partial charge in [0.05, 0.1) is 0 Å². The van der Waals surface area contributed by atoms with Gasteiger partial charge in [0.1, 0.15) is 0 Å². The summed E-state index contributed by atoms with van der Waals surface area (Å²) in [7, 11) is 0. The van der Waals surface area contributed by atoms with Crippen molar-refractivity contribution in [3.8, 4) is 0 Å². The fourth-order valence-electron chi connectivity index (χ4n) is 2.74. The third-order valence-corrected chi connectivity index (χ3v) is 3.85. The average Bonchev–Trinajstić information content (AvgIpc) is 2.31. The molecule has 0 radical (unpaired) electrons. The maximum Gasteiger partial charge on any atom is 0.0409 e. The molecule has 1 saturated carbocycles. The molecule has 1 fully saturated rings. The molecule has 0 saturated heterocycles. The topological polar surface area (TPSA) is 26.0 Å². The summed E-state index contributed by atoms with van der Waals surface area (Å²) in [5.74, 6) is 0.661. The van der Waals surface area contributed by atoms with E-state index < -0.39 is 0 Å². The van der Waals surface area contributed by atoms with Crippen molar-refractivity contribution >= 4 is 0 Å². The van der Waals surface area contributed by atoms with Crippen LogP contribution in [0.5, 0.6) is 0 Å². The summed E-state index contributed by atoms with van der Waals surface area (Å²) in [6, 6.07) is 10.6. The molecule has 0 aromatic heterocycles. The highest BCUT2D eigenvalue weighted by atomic mass is 14.7. The highest BCUT2D eigenvalue weighted by Gasteiger charge is 2.32. The lowest BCUT2D eigenvalue weighted by Gasteiger charge is -2.37. The molecule has 0 bridgehead atoms. The van der Waals surface area contributed by atoms with Crippen molar-refractivity contribution < 1.29 is 0 Å². The highest BCUT2D eigenvalue weighted by molar-refractivity contribution is 5.24. The molecule has 0 heterocycles. The summed E-state index contributed by atoms with van der Waals surface area (Å²) < 4.78 is 0. The maximum absolute atomic E-state index is 6.51. The third-order valence-electron chi connectivity index (χ3n) is 3.85. The Morgan fingerprint density at radius 2 is 1.67 bits per heavy atom. The smallest absolute Gasteiger partial charge is 0.0409 e. The van der Waals surface area contributed by atoms with Crippen molar-refractivity contribution in [3.05, 3.63) is 35.9 Å². The van der Waals surface area contributed by atoms with E-state index >= 15 is 0 Å². The van der Waals surface area contributed by atoms with Gasteiger partial charge in [0.15, 0.2) is 0 Å². The number of hydrogen-bond acceptors (Lipinski definition) is 1. The normalized spacial score (nSPS) is 22.3. The molecule has 2 rings (SSSR count). The van der Waals surface area contributed by atoms with Crippen LogP contribution < -0.4 is 5.73 Å². The van der Waals surface area contributed by atoms with Crippen molar-refractivity contribution in [3.63, 3.8) is 0 Å². The minimum absolute atomic E-state index is 0.137. The lowest BCUT2D eigenvalue weighted by Crippen LogP contribution is -2.42. The molecule has 1 aromatic carbocycles. The quantitative estimate of drug-likeness (QED) is 0.783. The van der Waals surface area contributed by atoms with Gasteiger partial charge in [-0.3, -0.25) is 0 Å². The van der Waals surface area contributed by atoms with Gasteiger partial charge in [-0.05, 0) is 31.2 Å². The minimum atomic E-state index is -0.137. The predicted molar refractivity (Wildman–Crippen MR) is 64.6 cm³/mol. The molecular formula is C14H21N. The molecule has 1 aromatic rings. The Labute approximate surface area is 92.7 Å². The van der Waals surface area contributed by atoms with E-state index in [9.17, 15) is 0 Å². The zero-order chi connectivity index (χ0) is 10.7. The van der Waals surface area contributed by atoms with Gasteiger partial charge in [-0.2, -0.15) is 0 Å². The second-order valence-electron chi connectivity index (χ2n) is 4.98. The fraction of sp³-hybridized carbons (Fsp3) is 0.571. The molecular weight excluding hydrogens is 182 g/mol. The van der Waals surface area contributed by atoms with Crippen LogP contribution in [0.25, 0.3) is 0 Å².